The Morgan fingerprint density at radius 2 is 2.26 bits per heavy atom. The molecule has 1 saturated carbocycles. The van der Waals surface area contributed by atoms with Crippen LogP contribution in [-0.2, 0) is 4.79 Å². The van der Waals surface area contributed by atoms with E-state index in [9.17, 15) is 14.9 Å². The van der Waals surface area contributed by atoms with Gasteiger partial charge in [0.05, 0.1) is 20.9 Å². The summed E-state index contributed by atoms with van der Waals surface area (Å²) < 4.78 is 4.46. The number of hydrogen-bond acceptors (Lipinski definition) is 5. The number of nitrogens with zero attached hydrogens (tertiary/aromatic N) is 2. The fraction of sp³-hybridized carbons (Fsp3) is 0.400. The van der Waals surface area contributed by atoms with Crippen LogP contribution in [0, 0.1) is 15.5 Å². The van der Waals surface area contributed by atoms with Gasteiger partial charge in [-0.3, -0.25) is 14.9 Å². The maximum atomic E-state index is 11.8. The standard InChI is InChI=1S/C10H9Br2N3O4/c1-9(5-10(9,11)12)8(16)14-13-4-6-2-3-7(19-6)15(17)18/h2-4H,5H2,1H3,(H,14,16)/b13-4+. The molecule has 1 aromatic rings. The predicted octanol–water partition coefficient (Wildman–Crippen LogP) is 2.53. The van der Waals surface area contributed by atoms with Crippen LogP contribution < -0.4 is 5.43 Å². The summed E-state index contributed by atoms with van der Waals surface area (Å²) >= 11 is 6.75. The van der Waals surface area contributed by atoms with Crippen LogP contribution in [0.2, 0.25) is 0 Å². The van der Waals surface area contributed by atoms with Crippen molar-refractivity contribution >= 4 is 49.9 Å². The van der Waals surface area contributed by atoms with Crippen molar-refractivity contribution in [2.75, 3.05) is 0 Å². The minimum Gasteiger partial charge on any atom is -0.400 e. The molecule has 0 spiro atoms. The molecule has 1 aliphatic rings. The van der Waals surface area contributed by atoms with Crippen LogP contribution >= 0.6 is 31.9 Å². The van der Waals surface area contributed by atoms with Crippen molar-refractivity contribution in [1.82, 2.24) is 5.43 Å². The second-order valence-corrected chi connectivity index (χ2v) is 8.12. The fourth-order valence-electron chi connectivity index (χ4n) is 1.43. The number of hydrogen-bond donors (Lipinski definition) is 1. The Labute approximate surface area is 124 Å². The van der Waals surface area contributed by atoms with Crippen LogP contribution in [0.5, 0.6) is 0 Å². The molecule has 0 saturated heterocycles. The average Bonchev–Trinajstić information content (AvgIpc) is 2.70. The van der Waals surface area contributed by atoms with Crippen LogP contribution in [0.1, 0.15) is 19.1 Å². The van der Waals surface area contributed by atoms with Crippen molar-refractivity contribution in [2.24, 2.45) is 10.5 Å². The van der Waals surface area contributed by atoms with Gasteiger partial charge < -0.3 is 4.42 Å². The fourth-order valence-corrected chi connectivity index (χ4v) is 2.92. The van der Waals surface area contributed by atoms with Crippen LogP contribution in [0.25, 0.3) is 0 Å². The molecule has 1 N–H and O–H groups in total. The molecule has 1 atom stereocenters. The highest BCUT2D eigenvalue weighted by atomic mass is 79.9. The molecule has 1 heterocycles. The number of amides is 1. The highest BCUT2D eigenvalue weighted by Gasteiger charge is 2.66. The summed E-state index contributed by atoms with van der Waals surface area (Å²) in [5.74, 6) is -0.433. The number of nitro groups is 1. The zero-order valence-electron chi connectivity index (χ0n) is 9.72. The van der Waals surface area contributed by atoms with E-state index in [2.05, 4.69) is 42.4 Å². The SMILES string of the molecule is CC1(C(=O)N/N=C/c2ccc([N+](=O)[O-])o2)CC1(Br)Br. The van der Waals surface area contributed by atoms with Crippen molar-refractivity contribution in [1.29, 1.82) is 0 Å². The van der Waals surface area contributed by atoms with E-state index in [4.69, 9.17) is 4.42 Å². The maximum absolute atomic E-state index is 11.8. The Morgan fingerprint density at radius 1 is 1.63 bits per heavy atom. The second-order valence-electron chi connectivity index (χ2n) is 4.35. The molecule has 0 aromatic carbocycles. The second kappa shape index (κ2) is 4.71. The molecule has 1 aliphatic carbocycles. The van der Waals surface area contributed by atoms with Gasteiger partial charge in [0.25, 0.3) is 0 Å². The van der Waals surface area contributed by atoms with E-state index >= 15 is 0 Å². The van der Waals surface area contributed by atoms with Crippen molar-refractivity contribution in [2.45, 2.75) is 16.6 Å². The van der Waals surface area contributed by atoms with E-state index in [1.807, 2.05) is 0 Å². The third kappa shape index (κ3) is 2.71. The quantitative estimate of drug-likeness (QED) is 0.367. The van der Waals surface area contributed by atoms with Crippen LogP contribution in [0.4, 0.5) is 5.88 Å². The molecular weight excluding hydrogens is 386 g/mol. The first-order valence-corrected chi connectivity index (χ1v) is 6.80. The Morgan fingerprint density at radius 3 is 2.74 bits per heavy atom. The number of alkyl halides is 2. The van der Waals surface area contributed by atoms with Gasteiger partial charge in [-0.15, -0.1) is 0 Å². The van der Waals surface area contributed by atoms with Crippen molar-refractivity contribution in [3.8, 4) is 0 Å². The molecule has 9 heteroatoms. The first-order chi connectivity index (χ1) is 8.76. The molecule has 1 unspecified atom stereocenters. The van der Waals surface area contributed by atoms with Crippen molar-refractivity contribution in [3.63, 3.8) is 0 Å². The zero-order valence-corrected chi connectivity index (χ0v) is 12.9. The molecule has 0 radical (unpaired) electrons. The lowest BCUT2D eigenvalue weighted by atomic mass is 10.1. The smallest absolute Gasteiger partial charge is 0.400 e. The van der Waals surface area contributed by atoms with E-state index in [1.54, 1.807) is 6.92 Å². The Kier molecular flexibility index (Phi) is 3.52. The summed E-state index contributed by atoms with van der Waals surface area (Å²) in [5.41, 5.74) is 1.80. The summed E-state index contributed by atoms with van der Waals surface area (Å²) in [4.78, 5) is 21.6. The van der Waals surface area contributed by atoms with Crippen LogP contribution in [0.3, 0.4) is 0 Å². The van der Waals surface area contributed by atoms with Crippen LogP contribution in [0.15, 0.2) is 21.7 Å². The first kappa shape index (κ1) is 14.2. The zero-order chi connectivity index (χ0) is 14.3. The molecule has 1 aromatic heterocycles. The third-order valence-electron chi connectivity index (χ3n) is 2.91. The molecule has 19 heavy (non-hydrogen) atoms. The summed E-state index contributed by atoms with van der Waals surface area (Å²) in [6.45, 7) is 1.79. The summed E-state index contributed by atoms with van der Waals surface area (Å²) in [6.07, 6.45) is 1.86. The lowest BCUT2D eigenvalue weighted by molar-refractivity contribution is -0.402. The van der Waals surface area contributed by atoms with Gasteiger partial charge in [-0.2, -0.15) is 5.10 Å². The van der Waals surface area contributed by atoms with E-state index < -0.39 is 13.6 Å². The highest BCUT2D eigenvalue weighted by molar-refractivity contribution is 9.25. The molecule has 0 bridgehead atoms. The van der Waals surface area contributed by atoms with Gasteiger partial charge in [-0.25, -0.2) is 5.43 Å². The molecular formula is C10H9Br2N3O4. The number of carbonyl (C=O) groups is 1. The van der Waals surface area contributed by atoms with E-state index in [0.717, 1.165) is 0 Å². The lowest BCUT2D eigenvalue weighted by Crippen LogP contribution is -2.29. The molecule has 7 nitrogen and oxygen atoms in total. The number of hydrazone groups is 1. The topological polar surface area (TPSA) is 97.7 Å². The summed E-state index contributed by atoms with van der Waals surface area (Å²) in [5, 5.41) is 14.1. The largest absolute Gasteiger partial charge is 0.433 e. The predicted molar refractivity (Wildman–Crippen MR) is 74.4 cm³/mol. The van der Waals surface area contributed by atoms with Gasteiger partial charge in [0.2, 0.25) is 5.91 Å². The van der Waals surface area contributed by atoms with Crippen molar-refractivity contribution < 1.29 is 14.1 Å². The van der Waals surface area contributed by atoms with Gasteiger partial charge in [-0.1, -0.05) is 31.9 Å². The normalized spacial score (nSPS) is 24.4. The Bertz CT molecular complexity index is 569. The molecule has 102 valence electrons. The first-order valence-electron chi connectivity index (χ1n) is 5.22. The number of nitrogens with one attached hydrogen (secondary N) is 1. The van der Waals surface area contributed by atoms with Gasteiger partial charge in [0.1, 0.15) is 4.92 Å². The highest BCUT2D eigenvalue weighted by Crippen LogP contribution is 2.66. The number of furan rings is 1. The van der Waals surface area contributed by atoms with Crippen LogP contribution in [-0.4, -0.2) is 20.3 Å². The minimum absolute atomic E-state index is 0.192. The lowest BCUT2D eigenvalue weighted by Gasteiger charge is -2.09. The van der Waals surface area contributed by atoms with Crippen molar-refractivity contribution in [3.05, 3.63) is 28.0 Å². The van der Waals surface area contributed by atoms with Gasteiger partial charge in [-0.05, 0) is 19.4 Å². The summed E-state index contributed by atoms with van der Waals surface area (Å²) in [6, 6.07) is 2.61. The van der Waals surface area contributed by atoms with E-state index in [-0.39, 0.29) is 17.6 Å². The van der Waals surface area contributed by atoms with E-state index in [1.165, 1.54) is 18.3 Å². The van der Waals surface area contributed by atoms with Gasteiger partial charge >= 0.3 is 5.88 Å². The van der Waals surface area contributed by atoms with E-state index in [0.29, 0.717) is 6.42 Å². The third-order valence-corrected chi connectivity index (χ3v) is 5.22. The number of carbonyl (C=O) groups excluding carboxylic acids is 1. The molecule has 1 fully saturated rings. The average molecular weight is 395 g/mol. The maximum Gasteiger partial charge on any atom is 0.433 e. The molecule has 0 aliphatic heterocycles. The molecule has 2 rings (SSSR count). The summed E-state index contributed by atoms with van der Waals surface area (Å²) in [7, 11) is 0. The minimum atomic E-state index is -0.648. The van der Waals surface area contributed by atoms with Gasteiger partial charge in [0, 0.05) is 0 Å². The number of halogens is 2. The monoisotopic (exact) mass is 393 g/mol. The number of rotatable bonds is 4. The molecule has 1 amide bonds. The Hall–Kier alpha value is -1.22. The van der Waals surface area contributed by atoms with Gasteiger partial charge in [0.15, 0.2) is 5.76 Å². The Balaban J connectivity index is 1.93.